The van der Waals surface area contributed by atoms with E-state index in [0.29, 0.717) is 23.3 Å². The summed E-state index contributed by atoms with van der Waals surface area (Å²) in [5.74, 6) is -1.03. The van der Waals surface area contributed by atoms with Gasteiger partial charge >= 0.3 is 5.97 Å². The van der Waals surface area contributed by atoms with Crippen molar-refractivity contribution >= 4 is 35.5 Å². The van der Waals surface area contributed by atoms with Gasteiger partial charge in [-0.25, -0.2) is 4.79 Å². The highest BCUT2D eigenvalue weighted by Gasteiger charge is 2.35. The van der Waals surface area contributed by atoms with E-state index < -0.39 is 29.7 Å². The van der Waals surface area contributed by atoms with E-state index in [9.17, 15) is 19.2 Å². The number of benzene rings is 1. The minimum absolute atomic E-state index is 0.0331. The lowest BCUT2D eigenvalue weighted by atomic mass is 10.1. The van der Waals surface area contributed by atoms with Gasteiger partial charge < -0.3 is 10.1 Å². The number of thioether (sulfide) groups is 1. The smallest absolute Gasteiger partial charge is 0.328 e. The summed E-state index contributed by atoms with van der Waals surface area (Å²) in [6.07, 6.45) is 2.28. The fraction of sp³-hybridized carbons (Fsp3) is 0.412. The van der Waals surface area contributed by atoms with Gasteiger partial charge in [0.05, 0.1) is 18.2 Å². The number of methoxy groups -OCH3 is 1. The van der Waals surface area contributed by atoms with Gasteiger partial charge in [0, 0.05) is 13.0 Å². The van der Waals surface area contributed by atoms with Gasteiger partial charge in [0.25, 0.3) is 11.8 Å². The first kappa shape index (κ1) is 19.0. The van der Waals surface area contributed by atoms with Crippen LogP contribution in [0, 0.1) is 0 Å². The van der Waals surface area contributed by atoms with E-state index in [0.717, 1.165) is 4.90 Å². The summed E-state index contributed by atoms with van der Waals surface area (Å²) in [7, 11) is 1.26. The van der Waals surface area contributed by atoms with Gasteiger partial charge in [-0.05, 0) is 30.6 Å². The Morgan fingerprint density at radius 2 is 1.80 bits per heavy atom. The molecule has 0 saturated heterocycles. The van der Waals surface area contributed by atoms with Crippen molar-refractivity contribution in [3.63, 3.8) is 0 Å². The van der Waals surface area contributed by atoms with Crippen LogP contribution in [-0.2, 0) is 14.3 Å². The number of fused-ring (bicyclic) bond motifs is 1. The maximum atomic E-state index is 12.2. The molecule has 0 fully saturated rings. The first-order valence-corrected chi connectivity index (χ1v) is 9.20. The molecule has 0 aliphatic carbocycles. The van der Waals surface area contributed by atoms with Crippen molar-refractivity contribution in [3.05, 3.63) is 35.4 Å². The van der Waals surface area contributed by atoms with E-state index in [2.05, 4.69) is 10.1 Å². The molecular weight excluding hydrogens is 344 g/mol. The molecule has 134 valence electrons. The van der Waals surface area contributed by atoms with E-state index in [4.69, 9.17) is 0 Å². The number of ether oxygens (including phenoxy) is 1. The lowest BCUT2D eigenvalue weighted by Gasteiger charge is -2.17. The van der Waals surface area contributed by atoms with Crippen LogP contribution in [0.5, 0.6) is 0 Å². The molecule has 7 nitrogen and oxygen atoms in total. The Morgan fingerprint density at radius 3 is 2.32 bits per heavy atom. The Kier molecular flexibility index (Phi) is 6.58. The van der Waals surface area contributed by atoms with Crippen molar-refractivity contribution in [1.29, 1.82) is 0 Å². The number of hydrogen-bond acceptors (Lipinski definition) is 6. The van der Waals surface area contributed by atoms with E-state index in [1.54, 1.807) is 36.0 Å². The number of amides is 3. The summed E-state index contributed by atoms with van der Waals surface area (Å²) in [5.41, 5.74) is 0.695. The number of nitrogens with one attached hydrogen (secondary N) is 1. The molecule has 1 atom stereocenters. The lowest BCUT2D eigenvalue weighted by molar-refractivity contribution is -0.145. The molecule has 0 radical (unpaired) electrons. The van der Waals surface area contributed by atoms with Crippen molar-refractivity contribution in [3.8, 4) is 0 Å². The van der Waals surface area contributed by atoms with Gasteiger partial charge in [-0.2, -0.15) is 11.8 Å². The summed E-state index contributed by atoms with van der Waals surface area (Å²) in [6, 6.07) is 5.82. The highest BCUT2D eigenvalue weighted by Crippen LogP contribution is 2.22. The van der Waals surface area contributed by atoms with Gasteiger partial charge in [-0.1, -0.05) is 12.1 Å². The maximum Gasteiger partial charge on any atom is 0.328 e. The molecule has 0 aromatic heterocycles. The van der Waals surface area contributed by atoms with Crippen LogP contribution >= 0.6 is 11.8 Å². The molecule has 1 heterocycles. The molecule has 1 aromatic rings. The third kappa shape index (κ3) is 4.39. The molecular formula is C17H20N2O5S. The largest absolute Gasteiger partial charge is 0.467 e. The first-order chi connectivity index (χ1) is 12.0. The molecule has 0 saturated carbocycles. The number of imide groups is 1. The van der Waals surface area contributed by atoms with E-state index >= 15 is 0 Å². The van der Waals surface area contributed by atoms with Gasteiger partial charge in [-0.15, -0.1) is 0 Å². The van der Waals surface area contributed by atoms with E-state index in [1.165, 1.54) is 7.11 Å². The number of hydrogen-bond donors (Lipinski definition) is 1. The zero-order valence-corrected chi connectivity index (χ0v) is 14.9. The predicted octanol–water partition coefficient (Wildman–Crippen LogP) is 1.08. The van der Waals surface area contributed by atoms with E-state index in [-0.39, 0.29) is 13.0 Å². The third-order valence-corrected chi connectivity index (χ3v) is 4.52. The normalized spacial score (nSPS) is 14.2. The third-order valence-electron chi connectivity index (χ3n) is 3.87. The minimum Gasteiger partial charge on any atom is -0.467 e. The second-order valence-corrected chi connectivity index (χ2v) is 6.47. The Labute approximate surface area is 150 Å². The topological polar surface area (TPSA) is 92.8 Å². The minimum atomic E-state index is -0.730. The number of carbonyl (C=O) groups is 4. The summed E-state index contributed by atoms with van der Waals surface area (Å²) >= 11 is 1.56. The highest BCUT2D eigenvalue weighted by atomic mass is 32.2. The SMILES string of the molecule is COC(=O)[C@H](CCSC)NC(=O)CCN1C(=O)c2ccccc2C1=O. The van der Waals surface area contributed by atoms with Crippen molar-refractivity contribution in [2.24, 2.45) is 0 Å². The average Bonchev–Trinajstić information content (AvgIpc) is 2.87. The summed E-state index contributed by atoms with van der Waals surface area (Å²) in [4.78, 5) is 49.3. The average molecular weight is 364 g/mol. The summed E-state index contributed by atoms with van der Waals surface area (Å²) in [6.45, 7) is -0.0331. The molecule has 25 heavy (non-hydrogen) atoms. The van der Waals surface area contributed by atoms with Gasteiger partial charge in [0.1, 0.15) is 6.04 Å². The molecule has 3 amide bonds. The number of carbonyl (C=O) groups excluding carboxylic acids is 4. The van der Waals surface area contributed by atoms with Crippen LogP contribution in [0.15, 0.2) is 24.3 Å². The zero-order chi connectivity index (χ0) is 18.4. The molecule has 1 N–H and O–H groups in total. The maximum absolute atomic E-state index is 12.2. The highest BCUT2D eigenvalue weighted by molar-refractivity contribution is 7.98. The summed E-state index contributed by atoms with van der Waals surface area (Å²) < 4.78 is 4.68. The van der Waals surface area contributed by atoms with Crippen LogP contribution in [0.2, 0.25) is 0 Å². The Balaban J connectivity index is 1.92. The second-order valence-electron chi connectivity index (χ2n) is 5.48. The van der Waals surface area contributed by atoms with Crippen LogP contribution in [0.1, 0.15) is 33.6 Å². The van der Waals surface area contributed by atoms with Crippen LogP contribution in [-0.4, -0.2) is 60.3 Å². The number of rotatable bonds is 8. The zero-order valence-electron chi connectivity index (χ0n) is 14.1. The van der Waals surface area contributed by atoms with Gasteiger partial charge in [0.2, 0.25) is 5.91 Å². The van der Waals surface area contributed by atoms with Crippen LogP contribution in [0.25, 0.3) is 0 Å². The molecule has 0 bridgehead atoms. The molecule has 0 spiro atoms. The predicted molar refractivity (Wildman–Crippen MR) is 93.4 cm³/mol. The quantitative estimate of drug-likeness (QED) is 0.548. The van der Waals surface area contributed by atoms with Crippen molar-refractivity contribution in [1.82, 2.24) is 10.2 Å². The van der Waals surface area contributed by atoms with Gasteiger partial charge in [0.15, 0.2) is 0 Å². The van der Waals surface area contributed by atoms with Crippen molar-refractivity contribution < 1.29 is 23.9 Å². The Hall–Kier alpha value is -2.35. The Morgan fingerprint density at radius 1 is 1.20 bits per heavy atom. The van der Waals surface area contributed by atoms with Gasteiger partial charge in [-0.3, -0.25) is 19.3 Å². The second kappa shape index (κ2) is 8.66. The van der Waals surface area contributed by atoms with Crippen molar-refractivity contribution in [2.45, 2.75) is 18.9 Å². The molecule has 1 aliphatic heterocycles. The lowest BCUT2D eigenvalue weighted by Crippen LogP contribution is -2.43. The van der Waals surface area contributed by atoms with Crippen LogP contribution < -0.4 is 5.32 Å². The van der Waals surface area contributed by atoms with Crippen LogP contribution in [0.3, 0.4) is 0 Å². The Bertz CT molecular complexity index is 656. The molecule has 8 heteroatoms. The molecule has 1 aliphatic rings. The first-order valence-electron chi connectivity index (χ1n) is 7.81. The monoisotopic (exact) mass is 364 g/mol. The molecule has 0 unspecified atom stereocenters. The summed E-state index contributed by atoms with van der Waals surface area (Å²) in [5, 5.41) is 2.60. The number of nitrogens with zero attached hydrogens (tertiary/aromatic N) is 1. The molecule has 1 aromatic carbocycles. The van der Waals surface area contributed by atoms with E-state index in [1.807, 2.05) is 6.26 Å². The number of esters is 1. The fourth-order valence-electron chi connectivity index (χ4n) is 2.55. The molecule has 2 rings (SSSR count). The standard InChI is InChI=1S/C17H20N2O5S/c1-24-17(23)13(8-10-25-2)18-14(20)7-9-19-15(21)11-5-3-4-6-12(11)16(19)22/h3-6,13H,7-10H2,1-2H3,(H,18,20)/t13-/m0/s1. The fourth-order valence-corrected chi connectivity index (χ4v) is 3.02. The van der Waals surface area contributed by atoms with Crippen LogP contribution in [0.4, 0.5) is 0 Å². The van der Waals surface area contributed by atoms with Crippen molar-refractivity contribution in [2.75, 3.05) is 25.7 Å².